The maximum Gasteiger partial charge on any atom is 0.411 e. The molecule has 4 rings (SSSR count). The van der Waals surface area contributed by atoms with E-state index >= 15 is 0 Å². The lowest BCUT2D eigenvalue weighted by atomic mass is 10.0. The van der Waals surface area contributed by atoms with Crippen molar-refractivity contribution in [1.29, 1.82) is 0 Å². The highest BCUT2D eigenvalue weighted by molar-refractivity contribution is 5.98. The van der Waals surface area contributed by atoms with Gasteiger partial charge in [-0.1, -0.05) is 80.6 Å². The van der Waals surface area contributed by atoms with E-state index < -0.39 is 29.3 Å². The summed E-state index contributed by atoms with van der Waals surface area (Å²) in [7, 11) is 0. The summed E-state index contributed by atoms with van der Waals surface area (Å²) in [5, 5.41) is 15.1. The van der Waals surface area contributed by atoms with Gasteiger partial charge in [0, 0.05) is 18.7 Å². The summed E-state index contributed by atoms with van der Waals surface area (Å²) >= 11 is 0. The van der Waals surface area contributed by atoms with Gasteiger partial charge in [-0.2, -0.15) is 4.39 Å². The predicted molar refractivity (Wildman–Crippen MR) is 169 cm³/mol. The fourth-order valence-corrected chi connectivity index (χ4v) is 5.52. The van der Waals surface area contributed by atoms with E-state index in [-0.39, 0.29) is 18.2 Å². The number of para-hydroxylation sites is 1. The molecule has 0 radical (unpaired) electrons. The monoisotopic (exact) mass is 607 g/mol. The Morgan fingerprint density at radius 1 is 0.818 bits per heavy atom. The number of unbranched alkanes of at least 4 members (excludes halogenated alkanes) is 6. The number of amides is 1. The minimum atomic E-state index is -1.39. The van der Waals surface area contributed by atoms with Crippen LogP contribution in [0.4, 0.5) is 19.3 Å². The van der Waals surface area contributed by atoms with Crippen molar-refractivity contribution < 1.29 is 28.2 Å². The number of nitrogens with one attached hydrogen (secondary N) is 2. The first kappa shape index (κ1) is 33.1. The summed E-state index contributed by atoms with van der Waals surface area (Å²) < 4.78 is 33.0. The number of phenolic OH excluding ortho intramolecular Hbond substituents is 1. The number of carbonyl (C=O) groups is 2. The van der Waals surface area contributed by atoms with Crippen molar-refractivity contribution in [3.63, 3.8) is 0 Å². The number of nitrogens with zero attached hydrogens (tertiary/aromatic N) is 1. The van der Waals surface area contributed by atoms with E-state index in [1.807, 2.05) is 54.6 Å². The van der Waals surface area contributed by atoms with E-state index in [0.717, 1.165) is 93.5 Å². The number of aromatic hydroxyl groups is 1. The molecule has 0 unspecified atom stereocenters. The molecule has 44 heavy (non-hydrogen) atoms. The van der Waals surface area contributed by atoms with Gasteiger partial charge in [0.15, 0.2) is 17.3 Å². The number of hydrogen-bond acceptors (Lipinski definition) is 6. The fourth-order valence-electron chi connectivity index (χ4n) is 5.52. The highest BCUT2D eigenvalue weighted by atomic mass is 19.2. The van der Waals surface area contributed by atoms with E-state index in [2.05, 4.69) is 15.5 Å². The van der Waals surface area contributed by atoms with Gasteiger partial charge in [0.1, 0.15) is 6.10 Å². The van der Waals surface area contributed by atoms with Crippen molar-refractivity contribution >= 4 is 17.6 Å². The van der Waals surface area contributed by atoms with Crippen LogP contribution in [0.1, 0.15) is 68.1 Å². The lowest BCUT2D eigenvalue weighted by Crippen LogP contribution is -2.38. The first-order chi connectivity index (χ1) is 21.4. The van der Waals surface area contributed by atoms with Crippen molar-refractivity contribution in [3.05, 3.63) is 83.9 Å². The van der Waals surface area contributed by atoms with Crippen molar-refractivity contribution in [3.8, 4) is 16.9 Å². The molecule has 0 atom stereocenters. The topological polar surface area (TPSA) is 90.9 Å². The van der Waals surface area contributed by atoms with Crippen LogP contribution in [0.3, 0.4) is 0 Å². The van der Waals surface area contributed by atoms with Crippen LogP contribution in [0, 0.1) is 11.6 Å². The van der Waals surface area contributed by atoms with Crippen molar-refractivity contribution in [2.45, 2.75) is 63.9 Å². The number of benzene rings is 3. The lowest BCUT2D eigenvalue weighted by molar-refractivity contribution is 0.0584. The van der Waals surface area contributed by atoms with Gasteiger partial charge in [-0.3, -0.25) is 10.1 Å². The zero-order valence-electron chi connectivity index (χ0n) is 25.2. The first-order valence-corrected chi connectivity index (χ1v) is 15.7. The molecule has 1 heterocycles. The number of halogens is 2. The van der Waals surface area contributed by atoms with Gasteiger partial charge in [0.25, 0.3) is 0 Å². The Bertz CT molecular complexity index is 1350. The summed E-state index contributed by atoms with van der Waals surface area (Å²) in [5.74, 6) is -4.04. The Hall–Kier alpha value is -3.82. The third-order valence-corrected chi connectivity index (χ3v) is 8.03. The Morgan fingerprint density at radius 2 is 1.48 bits per heavy atom. The highest BCUT2D eigenvalue weighted by Crippen LogP contribution is 2.28. The SMILES string of the molecule is O=C(Nc1ccccc1-c1ccccc1)OC1CCN(CCCCCCCCCNCC(=O)c2ccc(O)c(F)c2F)CC1. The summed E-state index contributed by atoms with van der Waals surface area (Å²) in [6.45, 7) is 3.49. The number of ether oxygens (including phenoxy) is 1. The Balaban J connectivity index is 0.994. The number of likely N-dealkylation sites (tertiary alicyclic amines) is 1. The molecule has 7 nitrogen and oxygen atoms in total. The maximum atomic E-state index is 13.8. The van der Waals surface area contributed by atoms with Gasteiger partial charge >= 0.3 is 6.09 Å². The number of anilines is 1. The second-order valence-electron chi connectivity index (χ2n) is 11.3. The van der Waals surface area contributed by atoms with Gasteiger partial charge in [-0.25, -0.2) is 9.18 Å². The van der Waals surface area contributed by atoms with Crippen LogP contribution < -0.4 is 10.6 Å². The largest absolute Gasteiger partial charge is 0.505 e. The third kappa shape index (κ3) is 10.1. The normalized spacial score (nSPS) is 14.0. The zero-order chi connectivity index (χ0) is 31.1. The van der Waals surface area contributed by atoms with Gasteiger partial charge in [0.2, 0.25) is 5.82 Å². The summed E-state index contributed by atoms with van der Waals surface area (Å²) in [4.78, 5) is 27.2. The average molecular weight is 608 g/mol. The van der Waals surface area contributed by atoms with E-state index in [1.54, 1.807) is 0 Å². The molecular weight excluding hydrogens is 564 g/mol. The molecule has 1 amide bonds. The predicted octanol–water partition coefficient (Wildman–Crippen LogP) is 7.55. The second-order valence-corrected chi connectivity index (χ2v) is 11.3. The minimum absolute atomic E-state index is 0.0685. The molecule has 1 fully saturated rings. The Kier molecular flexibility index (Phi) is 13.1. The number of hydrogen-bond donors (Lipinski definition) is 3. The zero-order valence-corrected chi connectivity index (χ0v) is 25.2. The second kappa shape index (κ2) is 17.5. The highest BCUT2D eigenvalue weighted by Gasteiger charge is 2.22. The molecule has 9 heteroatoms. The Labute approximate surface area is 258 Å². The standard InChI is InChI=1S/C35H43F2N3O4/c36-33-29(17-18-31(41)34(33)37)32(42)25-38-21-11-4-2-1-3-5-12-22-40-23-19-27(20-24-40)44-35(43)39-30-16-10-9-15-28(30)26-13-7-6-8-14-26/h6-10,13-18,27,38,41H,1-5,11-12,19-25H2,(H,39,43). The van der Waals surface area contributed by atoms with Crippen LogP contribution in [0.25, 0.3) is 11.1 Å². The molecule has 3 aromatic rings. The molecule has 1 aliphatic rings. The number of piperidine rings is 1. The third-order valence-electron chi connectivity index (χ3n) is 8.03. The lowest BCUT2D eigenvalue weighted by Gasteiger charge is -2.31. The smallest absolute Gasteiger partial charge is 0.411 e. The van der Waals surface area contributed by atoms with Gasteiger partial charge in [-0.15, -0.1) is 0 Å². The fraction of sp³-hybridized carbons (Fsp3) is 0.429. The van der Waals surface area contributed by atoms with E-state index in [9.17, 15) is 23.5 Å². The molecule has 236 valence electrons. The molecule has 0 aromatic heterocycles. The van der Waals surface area contributed by atoms with Gasteiger partial charge < -0.3 is 20.1 Å². The van der Waals surface area contributed by atoms with E-state index in [0.29, 0.717) is 6.54 Å². The molecule has 3 N–H and O–H groups in total. The number of ketones is 1. The average Bonchev–Trinajstić information content (AvgIpc) is 3.04. The summed E-state index contributed by atoms with van der Waals surface area (Å²) in [6, 6.07) is 19.8. The van der Waals surface area contributed by atoms with Crippen molar-refractivity contribution in [2.24, 2.45) is 0 Å². The van der Waals surface area contributed by atoms with Gasteiger partial charge in [0.05, 0.1) is 17.8 Å². The number of rotatable bonds is 16. The molecular formula is C35H43F2N3O4. The number of phenols is 1. The first-order valence-electron chi connectivity index (χ1n) is 15.7. The van der Waals surface area contributed by atoms with Crippen LogP contribution in [0.5, 0.6) is 5.75 Å². The van der Waals surface area contributed by atoms with Crippen molar-refractivity contribution in [2.75, 3.05) is 38.0 Å². The molecule has 0 aliphatic carbocycles. The van der Waals surface area contributed by atoms with Crippen LogP contribution in [-0.2, 0) is 4.74 Å². The molecule has 0 saturated carbocycles. The minimum Gasteiger partial charge on any atom is -0.505 e. The summed E-state index contributed by atoms with van der Waals surface area (Å²) in [5.41, 5.74) is 2.40. The van der Waals surface area contributed by atoms with Gasteiger partial charge in [-0.05, 0) is 62.5 Å². The number of Topliss-reactive ketones (excluding diaryl/α,β-unsaturated/α-hetero) is 1. The van der Waals surface area contributed by atoms with E-state index in [4.69, 9.17) is 4.74 Å². The van der Waals surface area contributed by atoms with E-state index in [1.165, 1.54) is 12.8 Å². The number of carbonyl (C=O) groups excluding carboxylic acids is 2. The van der Waals surface area contributed by atoms with Crippen LogP contribution in [0.2, 0.25) is 0 Å². The summed E-state index contributed by atoms with van der Waals surface area (Å²) in [6.07, 6.45) is 8.96. The molecule has 1 saturated heterocycles. The molecule has 0 spiro atoms. The van der Waals surface area contributed by atoms with Crippen LogP contribution in [0.15, 0.2) is 66.7 Å². The molecule has 3 aromatic carbocycles. The van der Waals surface area contributed by atoms with Crippen LogP contribution in [-0.4, -0.2) is 60.7 Å². The molecule has 1 aliphatic heterocycles. The molecule has 0 bridgehead atoms. The van der Waals surface area contributed by atoms with Crippen molar-refractivity contribution in [1.82, 2.24) is 10.2 Å². The maximum absolute atomic E-state index is 13.8. The quantitative estimate of drug-likeness (QED) is 0.115. The Morgan fingerprint density at radius 3 is 2.23 bits per heavy atom. The van der Waals surface area contributed by atoms with Crippen LogP contribution >= 0.6 is 0 Å².